The number of hydrogen-bond acceptors (Lipinski definition) is 5. The van der Waals surface area contributed by atoms with Crippen molar-refractivity contribution in [3.8, 4) is 17.2 Å². The largest absolute Gasteiger partial charge is 0.493 e. The van der Waals surface area contributed by atoms with Crippen LogP contribution in [-0.4, -0.2) is 26.0 Å². The predicted molar refractivity (Wildman–Crippen MR) is 76.0 cm³/mol. The molecular weight excluding hydrogens is 272 g/mol. The maximum atomic E-state index is 11.8. The number of ether oxygens (including phenoxy) is 3. The first-order chi connectivity index (χ1) is 10.2. The van der Waals surface area contributed by atoms with Crippen LogP contribution in [0.15, 0.2) is 48.5 Å². The predicted octanol–water partition coefficient (Wildman–Crippen LogP) is 2.49. The molecule has 0 unspecified atom stereocenters. The first-order valence-electron chi connectivity index (χ1n) is 6.25. The lowest BCUT2D eigenvalue weighted by atomic mass is 10.2. The lowest BCUT2D eigenvalue weighted by molar-refractivity contribution is -0.136. The van der Waals surface area contributed by atoms with Crippen molar-refractivity contribution in [2.75, 3.05) is 13.7 Å². The summed E-state index contributed by atoms with van der Waals surface area (Å²) >= 11 is 0. The highest BCUT2D eigenvalue weighted by molar-refractivity contribution is 5.84. The van der Waals surface area contributed by atoms with Crippen LogP contribution in [-0.2, 0) is 4.79 Å². The smallest absolute Gasteiger partial charge is 0.349 e. The second-order valence-corrected chi connectivity index (χ2v) is 4.07. The minimum atomic E-state index is -0.619. The van der Waals surface area contributed by atoms with Crippen molar-refractivity contribution in [2.24, 2.45) is 0 Å². The van der Waals surface area contributed by atoms with E-state index in [-0.39, 0.29) is 17.9 Å². The van der Waals surface area contributed by atoms with Crippen LogP contribution in [0, 0.1) is 0 Å². The number of esters is 1. The fraction of sp³-hybridized carbons (Fsp3) is 0.125. The number of aldehydes is 1. The highest BCUT2D eigenvalue weighted by Crippen LogP contribution is 2.30. The Morgan fingerprint density at radius 3 is 2.52 bits per heavy atom. The minimum Gasteiger partial charge on any atom is -0.493 e. The number of hydrogen-bond donors (Lipinski definition) is 0. The monoisotopic (exact) mass is 286 g/mol. The van der Waals surface area contributed by atoms with Gasteiger partial charge in [0.05, 0.1) is 12.7 Å². The molecule has 0 N–H and O–H groups in total. The van der Waals surface area contributed by atoms with Crippen LogP contribution in [0.3, 0.4) is 0 Å². The molecule has 0 aliphatic carbocycles. The summed E-state index contributed by atoms with van der Waals surface area (Å²) in [5.74, 6) is 0.348. The molecule has 0 aromatic heterocycles. The molecule has 0 spiro atoms. The highest BCUT2D eigenvalue weighted by Gasteiger charge is 2.15. The molecule has 2 rings (SSSR count). The Hall–Kier alpha value is -2.82. The van der Waals surface area contributed by atoms with Gasteiger partial charge in [-0.2, -0.15) is 0 Å². The normalized spacial score (nSPS) is 9.76. The van der Waals surface area contributed by atoms with Crippen LogP contribution in [0.4, 0.5) is 0 Å². The van der Waals surface area contributed by atoms with Gasteiger partial charge >= 0.3 is 5.97 Å². The average Bonchev–Trinajstić information content (AvgIpc) is 2.54. The van der Waals surface area contributed by atoms with Crippen LogP contribution >= 0.6 is 0 Å². The van der Waals surface area contributed by atoms with Crippen molar-refractivity contribution < 1.29 is 23.8 Å². The lowest BCUT2D eigenvalue weighted by Gasteiger charge is -2.11. The van der Waals surface area contributed by atoms with E-state index in [2.05, 4.69) is 0 Å². The molecule has 0 aliphatic heterocycles. The number of para-hydroxylation sites is 2. The number of carbonyl (C=O) groups excluding carboxylic acids is 2. The third kappa shape index (κ3) is 3.82. The van der Waals surface area contributed by atoms with E-state index in [1.807, 2.05) is 6.07 Å². The van der Waals surface area contributed by atoms with Crippen LogP contribution in [0.25, 0.3) is 0 Å². The average molecular weight is 286 g/mol. The van der Waals surface area contributed by atoms with E-state index in [1.54, 1.807) is 36.4 Å². The summed E-state index contributed by atoms with van der Waals surface area (Å²) in [5, 5.41) is 0. The van der Waals surface area contributed by atoms with Gasteiger partial charge in [0.1, 0.15) is 5.75 Å². The SMILES string of the molecule is COc1cccc(C=O)c1OC(=O)COc1ccccc1. The van der Waals surface area contributed by atoms with Gasteiger partial charge in [-0.3, -0.25) is 4.79 Å². The van der Waals surface area contributed by atoms with E-state index < -0.39 is 5.97 Å². The molecule has 0 fully saturated rings. The number of methoxy groups -OCH3 is 1. The highest BCUT2D eigenvalue weighted by atomic mass is 16.6. The van der Waals surface area contributed by atoms with Crippen molar-refractivity contribution in [2.45, 2.75) is 0 Å². The third-order valence-corrected chi connectivity index (χ3v) is 2.67. The molecule has 0 saturated heterocycles. The van der Waals surface area contributed by atoms with Crippen LogP contribution in [0.5, 0.6) is 17.2 Å². The third-order valence-electron chi connectivity index (χ3n) is 2.67. The zero-order chi connectivity index (χ0) is 15.1. The molecule has 0 radical (unpaired) electrons. The molecule has 0 heterocycles. The number of rotatable bonds is 6. The molecular formula is C16H14O5. The van der Waals surface area contributed by atoms with E-state index in [4.69, 9.17) is 14.2 Å². The Balaban J connectivity index is 2.04. The maximum Gasteiger partial charge on any atom is 0.349 e. The van der Waals surface area contributed by atoms with E-state index in [0.717, 1.165) is 0 Å². The Morgan fingerprint density at radius 2 is 1.86 bits per heavy atom. The summed E-state index contributed by atoms with van der Waals surface area (Å²) in [6.45, 7) is -0.264. The second-order valence-electron chi connectivity index (χ2n) is 4.07. The van der Waals surface area contributed by atoms with E-state index in [0.29, 0.717) is 17.8 Å². The zero-order valence-corrected chi connectivity index (χ0v) is 11.4. The summed E-state index contributed by atoms with van der Waals surface area (Å²) in [6.07, 6.45) is 0.600. The van der Waals surface area contributed by atoms with Gasteiger partial charge in [0.15, 0.2) is 24.4 Å². The molecule has 0 bridgehead atoms. The summed E-state index contributed by atoms with van der Waals surface area (Å²) in [4.78, 5) is 22.8. The number of carbonyl (C=O) groups is 2. The molecule has 2 aromatic rings. The van der Waals surface area contributed by atoms with Gasteiger partial charge in [0.2, 0.25) is 0 Å². The molecule has 5 nitrogen and oxygen atoms in total. The second kappa shape index (κ2) is 7.09. The van der Waals surface area contributed by atoms with Crippen LogP contribution in [0.1, 0.15) is 10.4 Å². The van der Waals surface area contributed by atoms with Crippen molar-refractivity contribution in [3.05, 3.63) is 54.1 Å². The van der Waals surface area contributed by atoms with Gasteiger partial charge in [-0.15, -0.1) is 0 Å². The molecule has 5 heteroatoms. The number of benzene rings is 2. The van der Waals surface area contributed by atoms with Gasteiger partial charge in [-0.05, 0) is 24.3 Å². The summed E-state index contributed by atoms with van der Waals surface area (Å²) < 4.78 is 15.5. The lowest BCUT2D eigenvalue weighted by Crippen LogP contribution is -2.18. The van der Waals surface area contributed by atoms with Crippen molar-refractivity contribution in [1.82, 2.24) is 0 Å². The topological polar surface area (TPSA) is 61.8 Å². The molecule has 0 amide bonds. The van der Waals surface area contributed by atoms with E-state index >= 15 is 0 Å². The molecule has 0 aliphatic rings. The fourth-order valence-electron chi connectivity index (χ4n) is 1.70. The molecule has 0 atom stereocenters. The summed E-state index contributed by atoms with van der Waals surface area (Å²) in [7, 11) is 1.43. The maximum absolute atomic E-state index is 11.8. The zero-order valence-electron chi connectivity index (χ0n) is 11.4. The van der Waals surface area contributed by atoms with Crippen LogP contribution < -0.4 is 14.2 Å². The molecule has 2 aromatic carbocycles. The minimum absolute atomic E-state index is 0.0941. The Morgan fingerprint density at radius 1 is 1.10 bits per heavy atom. The molecule has 21 heavy (non-hydrogen) atoms. The quantitative estimate of drug-likeness (QED) is 0.464. The standard InChI is InChI=1S/C16H14O5/c1-19-14-9-5-6-12(10-17)16(14)21-15(18)11-20-13-7-3-2-4-8-13/h2-10H,11H2,1H3. The Kier molecular flexibility index (Phi) is 4.93. The Labute approximate surface area is 122 Å². The van der Waals surface area contributed by atoms with E-state index in [9.17, 15) is 9.59 Å². The van der Waals surface area contributed by atoms with Crippen LogP contribution in [0.2, 0.25) is 0 Å². The van der Waals surface area contributed by atoms with Gasteiger partial charge < -0.3 is 14.2 Å². The first kappa shape index (κ1) is 14.6. The van der Waals surface area contributed by atoms with Gasteiger partial charge in [0, 0.05) is 0 Å². The Bertz CT molecular complexity index is 622. The first-order valence-corrected chi connectivity index (χ1v) is 6.25. The molecule has 108 valence electrons. The van der Waals surface area contributed by atoms with Crippen molar-refractivity contribution in [1.29, 1.82) is 0 Å². The van der Waals surface area contributed by atoms with E-state index in [1.165, 1.54) is 13.2 Å². The van der Waals surface area contributed by atoms with Gasteiger partial charge in [-0.25, -0.2) is 4.79 Å². The summed E-state index contributed by atoms with van der Waals surface area (Å²) in [6, 6.07) is 13.7. The van der Waals surface area contributed by atoms with Gasteiger partial charge in [0.25, 0.3) is 0 Å². The fourth-order valence-corrected chi connectivity index (χ4v) is 1.70. The summed E-state index contributed by atoms with van der Waals surface area (Å²) in [5.41, 5.74) is 0.238. The van der Waals surface area contributed by atoms with Crippen molar-refractivity contribution in [3.63, 3.8) is 0 Å². The van der Waals surface area contributed by atoms with Crippen molar-refractivity contribution >= 4 is 12.3 Å². The molecule has 0 saturated carbocycles. The van der Waals surface area contributed by atoms with Gasteiger partial charge in [-0.1, -0.05) is 24.3 Å².